The molecule has 0 aliphatic carbocycles. The molecule has 0 unspecified atom stereocenters. The molecule has 0 spiro atoms. The van der Waals surface area contributed by atoms with Crippen molar-refractivity contribution in [1.82, 2.24) is 10.3 Å². The molecule has 0 aliphatic rings. The van der Waals surface area contributed by atoms with Crippen LogP contribution in [0, 0.1) is 6.92 Å². The summed E-state index contributed by atoms with van der Waals surface area (Å²) in [6.07, 6.45) is 0. The monoisotopic (exact) mass is 170 g/mol. The summed E-state index contributed by atoms with van der Waals surface area (Å²) in [5.41, 5.74) is 0.196. The molecule has 1 amide bonds. The van der Waals surface area contributed by atoms with E-state index in [0.29, 0.717) is 12.3 Å². The fourth-order valence-corrected chi connectivity index (χ4v) is 0.871. The van der Waals surface area contributed by atoms with Crippen LogP contribution in [0.15, 0.2) is 9.21 Å². The van der Waals surface area contributed by atoms with E-state index in [1.165, 1.54) is 0 Å². The number of hydrogen-bond acceptors (Lipinski definition) is 3. The van der Waals surface area contributed by atoms with Gasteiger partial charge < -0.3 is 9.73 Å². The molecule has 0 bridgehead atoms. The van der Waals surface area contributed by atoms with E-state index in [1.807, 2.05) is 0 Å². The highest BCUT2D eigenvalue weighted by Crippen LogP contribution is 1.99. The summed E-state index contributed by atoms with van der Waals surface area (Å²) in [6.45, 7) is 3.87. The lowest BCUT2D eigenvalue weighted by atomic mass is 10.3. The van der Waals surface area contributed by atoms with Crippen LogP contribution in [-0.4, -0.2) is 17.4 Å². The predicted octanol–water partition coefficient (Wildman–Crippen LogP) is 0.0260. The Hall–Kier alpha value is -1.52. The van der Waals surface area contributed by atoms with E-state index >= 15 is 0 Å². The second-order valence-electron chi connectivity index (χ2n) is 2.31. The number of hydrogen-bond donors (Lipinski definition) is 2. The average molecular weight is 170 g/mol. The zero-order valence-electron chi connectivity index (χ0n) is 6.93. The molecular formula is C7H10N2O3. The summed E-state index contributed by atoms with van der Waals surface area (Å²) in [5, 5.41) is 2.55. The molecule has 1 heterocycles. The van der Waals surface area contributed by atoms with Crippen molar-refractivity contribution in [3.8, 4) is 0 Å². The van der Waals surface area contributed by atoms with Crippen molar-refractivity contribution < 1.29 is 9.21 Å². The number of rotatable bonds is 2. The van der Waals surface area contributed by atoms with Crippen molar-refractivity contribution in [3.63, 3.8) is 0 Å². The third-order valence-electron chi connectivity index (χ3n) is 1.39. The number of nitrogens with one attached hydrogen (secondary N) is 2. The maximum atomic E-state index is 11.1. The zero-order chi connectivity index (χ0) is 9.14. The highest BCUT2D eigenvalue weighted by Gasteiger charge is 2.12. The Labute approximate surface area is 68.8 Å². The number of amides is 1. The number of H-pyrrole nitrogens is 1. The Bertz CT molecular complexity index is 337. The van der Waals surface area contributed by atoms with Gasteiger partial charge in [-0.3, -0.25) is 9.78 Å². The fourth-order valence-electron chi connectivity index (χ4n) is 0.871. The first kappa shape index (κ1) is 8.58. The van der Waals surface area contributed by atoms with Gasteiger partial charge in [-0.1, -0.05) is 0 Å². The normalized spacial score (nSPS) is 9.83. The van der Waals surface area contributed by atoms with Crippen molar-refractivity contribution in [1.29, 1.82) is 0 Å². The van der Waals surface area contributed by atoms with Crippen LogP contribution < -0.4 is 11.1 Å². The van der Waals surface area contributed by atoms with E-state index in [4.69, 9.17) is 0 Å². The average Bonchev–Trinajstić information content (AvgIpc) is 2.30. The summed E-state index contributed by atoms with van der Waals surface area (Å²) >= 11 is 0. The molecule has 0 aliphatic heterocycles. The van der Waals surface area contributed by atoms with Gasteiger partial charge in [0.2, 0.25) is 0 Å². The number of aryl methyl sites for hydroxylation is 1. The first-order valence-electron chi connectivity index (χ1n) is 3.63. The Morgan fingerprint density at radius 1 is 1.67 bits per heavy atom. The van der Waals surface area contributed by atoms with Gasteiger partial charge >= 0.3 is 5.76 Å². The molecule has 0 saturated carbocycles. The molecule has 1 aromatic heterocycles. The van der Waals surface area contributed by atoms with Crippen molar-refractivity contribution in [2.75, 3.05) is 6.54 Å². The lowest BCUT2D eigenvalue weighted by Crippen LogP contribution is -2.24. The Morgan fingerprint density at radius 2 is 2.33 bits per heavy atom. The molecule has 0 radical (unpaired) electrons. The van der Waals surface area contributed by atoms with E-state index in [9.17, 15) is 9.59 Å². The van der Waals surface area contributed by atoms with E-state index in [1.54, 1.807) is 13.8 Å². The summed E-state index contributed by atoms with van der Waals surface area (Å²) < 4.78 is 4.61. The zero-order valence-corrected chi connectivity index (χ0v) is 6.93. The molecule has 12 heavy (non-hydrogen) atoms. The van der Waals surface area contributed by atoms with Crippen LogP contribution in [0.5, 0.6) is 0 Å². The van der Waals surface area contributed by atoms with Gasteiger partial charge in [-0.25, -0.2) is 4.79 Å². The largest absolute Gasteiger partial charge is 0.417 e. The van der Waals surface area contributed by atoms with Gasteiger partial charge in [-0.05, 0) is 13.8 Å². The minimum Gasteiger partial charge on any atom is -0.413 e. The van der Waals surface area contributed by atoms with Gasteiger partial charge in [-0.2, -0.15) is 0 Å². The van der Waals surface area contributed by atoms with Crippen molar-refractivity contribution >= 4 is 5.91 Å². The van der Waals surface area contributed by atoms with Gasteiger partial charge in [0.05, 0.1) is 0 Å². The molecule has 0 atom stereocenters. The topological polar surface area (TPSA) is 75.1 Å². The van der Waals surface area contributed by atoms with Crippen molar-refractivity contribution in [3.05, 3.63) is 22.0 Å². The summed E-state index contributed by atoms with van der Waals surface area (Å²) in [5.74, 6) is -0.611. The van der Waals surface area contributed by atoms with E-state index < -0.39 is 5.76 Å². The lowest BCUT2D eigenvalue weighted by molar-refractivity contribution is 0.0950. The fraction of sp³-hybridized carbons (Fsp3) is 0.429. The van der Waals surface area contributed by atoms with E-state index in [0.717, 1.165) is 0 Å². The van der Waals surface area contributed by atoms with Gasteiger partial charge in [0.1, 0.15) is 11.5 Å². The maximum Gasteiger partial charge on any atom is 0.417 e. The molecule has 2 N–H and O–H groups in total. The van der Waals surface area contributed by atoms with E-state index in [2.05, 4.69) is 14.7 Å². The molecule has 5 heteroatoms. The quantitative estimate of drug-likeness (QED) is 0.657. The highest BCUT2D eigenvalue weighted by atomic mass is 16.4. The summed E-state index contributed by atoms with van der Waals surface area (Å²) in [6, 6.07) is 0. The van der Waals surface area contributed by atoms with Crippen LogP contribution >= 0.6 is 0 Å². The molecule has 5 nitrogen and oxygen atoms in total. The third-order valence-corrected chi connectivity index (χ3v) is 1.39. The SMILES string of the molecule is CCNC(=O)c1[nH]c(=O)oc1C. The maximum absolute atomic E-state index is 11.1. The third kappa shape index (κ3) is 1.55. The molecule has 0 aromatic carbocycles. The van der Waals surface area contributed by atoms with Gasteiger partial charge in [0.15, 0.2) is 0 Å². The summed E-state index contributed by atoms with van der Waals surface area (Å²) in [4.78, 5) is 24.0. The molecule has 0 fully saturated rings. The van der Waals surface area contributed by atoms with Crippen LogP contribution in [0.4, 0.5) is 0 Å². The van der Waals surface area contributed by atoms with Crippen LogP contribution in [0.3, 0.4) is 0 Å². The second-order valence-corrected chi connectivity index (χ2v) is 2.31. The highest BCUT2D eigenvalue weighted by molar-refractivity contribution is 5.92. The Balaban J connectivity index is 2.94. The van der Waals surface area contributed by atoms with Crippen LogP contribution in [0.1, 0.15) is 23.2 Å². The number of carbonyl (C=O) groups excluding carboxylic acids is 1. The minimum absolute atomic E-state index is 0.196. The second kappa shape index (κ2) is 3.25. The molecule has 66 valence electrons. The number of aromatic amines is 1. The molecule has 0 saturated heterocycles. The van der Waals surface area contributed by atoms with E-state index in [-0.39, 0.29) is 11.6 Å². The number of aromatic nitrogens is 1. The standard InChI is InChI=1S/C7H10N2O3/c1-3-8-6(10)5-4(2)12-7(11)9-5/h3H2,1-2H3,(H,8,10)(H,9,11). The van der Waals surface area contributed by atoms with Crippen LogP contribution in [0.2, 0.25) is 0 Å². The first-order chi connectivity index (χ1) is 5.65. The van der Waals surface area contributed by atoms with Crippen molar-refractivity contribution in [2.24, 2.45) is 0 Å². The molecule has 1 aromatic rings. The van der Waals surface area contributed by atoms with Gasteiger partial charge in [0.25, 0.3) is 5.91 Å². The first-order valence-corrected chi connectivity index (χ1v) is 3.63. The number of carbonyl (C=O) groups is 1. The van der Waals surface area contributed by atoms with Crippen LogP contribution in [-0.2, 0) is 0 Å². The van der Waals surface area contributed by atoms with Crippen molar-refractivity contribution in [2.45, 2.75) is 13.8 Å². The number of oxazole rings is 1. The summed E-state index contributed by atoms with van der Waals surface area (Å²) in [7, 11) is 0. The predicted molar refractivity (Wildman–Crippen MR) is 42.1 cm³/mol. The Kier molecular flexibility index (Phi) is 2.32. The van der Waals surface area contributed by atoms with Gasteiger partial charge in [-0.15, -0.1) is 0 Å². The van der Waals surface area contributed by atoms with Crippen LogP contribution in [0.25, 0.3) is 0 Å². The molecular weight excluding hydrogens is 160 g/mol. The minimum atomic E-state index is -0.603. The lowest BCUT2D eigenvalue weighted by Gasteiger charge is -1.97. The molecule has 1 rings (SSSR count). The Morgan fingerprint density at radius 3 is 2.75 bits per heavy atom. The van der Waals surface area contributed by atoms with Gasteiger partial charge in [0, 0.05) is 6.54 Å². The smallest absolute Gasteiger partial charge is 0.413 e.